The molecule has 0 spiro atoms. The first-order valence-corrected chi connectivity index (χ1v) is 9.15. The van der Waals surface area contributed by atoms with E-state index in [0.717, 1.165) is 32.0 Å². The van der Waals surface area contributed by atoms with Crippen LogP contribution in [-0.2, 0) is 13.1 Å². The Morgan fingerprint density at radius 3 is 2.29 bits per heavy atom. The molecule has 3 atom stereocenters. The van der Waals surface area contributed by atoms with Gasteiger partial charge in [0, 0.05) is 37.2 Å². The average Bonchev–Trinajstić information content (AvgIpc) is 3.13. The van der Waals surface area contributed by atoms with Gasteiger partial charge in [-0.3, -0.25) is 4.90 Å². The van der Waals surface area contributed by atoms with Gasteiger partial charge in [-0.2, -0.15) is 11.3 Å². The highest BCUT2D eigenvalue weighted by molar-refractivity contribution is 7.08. The van der Waals surface area contributed by atoms with Gasteiger partial charge in [0.1, 0.15) is 5.82 Å². The van der Waals surface area contributed by atoms with Crippen molar-refractivity contribution in [3.8, 4) is 0 Å². The van der Waals surface area contributed by atoms with E-state index in [9.17, 15) is 13.2 Å². The van der Waals surface area contributed by atoms with Crippen molar-refractivity contribution in [2.24, 2.45) is 5.73 Å². The molecule has 2 aromatic rings. The third-order valence-corrected chi connectivity index (χ3v) is 6.25. The van der Waals surface area contributed by atoms with Gasteiger partial charge in [0.15, 0.2) is 11.6 Å². The van der Waals surface area contributed by atoms with Crippen molar-refractivity contribution in [2.75, 3.05) is 0 Å². The molecule has 0 amide bonds. The van der Waals surface area contributed by atoms with E-state index < -0.39 is 17.5 Å². The number of nitrogens with zero attached hydrogens (tertiary/aromatic N) is 1. The summed E-state index contributed by atoms with van der Waals surface area (Å²) in [4.78, 5) is 2.43. The molecule has 1 aliphatic carbocycles. The number of nitrogens with two attached hydrogens (primary N) is 1. The van der Waals surface area contributed by atoms with Crippen LogP contribution in [-0.4, -0.2) is 17.0 Å². The smallest absolute Gasteiger partial charge is 0.161 e. The molecule has 2 nitrogen and oxygen atoms in total. The number of benzene rings is 1. The minimum atomic E-state index is -1.15. The third kappa shape index (κ3) is 2.76. The number of halogens is 3. The van der Waals surface area contributed by atoms with E-state index in [1.165, 1.54) is 11.1 Å². The van der Waals surface area contributed by atoms with Crippen LogP contribution in [0.15, 0.2) is 22.9 Å². The van der Waals surface area contributed by atoms with Crippen LogP contribution in [0.25, 0.3) is 0 Å². The summed E-state index contributed by atoms with van der Waals surface area (Å²) in [5.41, 5.74) is 9.29. The monoisotopic (exact) mass is 352 g/mol. The highest BCUT2D eigenvalue weighted by Crippen LogP contribution is 2.38. The molecule has 1 aliphatic heterocycles. The fourth-order valence-electron chi connectivity index (χ4n) is 4.10. The standard InChI is InChI=1S/C18H19F3N2S/c19-15-5-17(21)16(20)4-14(15)13-2-1-12(3-18(13)22)23-6-10-8-24-9-11(10)7-23/h4-5,8-9,12-13,18H,1-3,6-7,22H2/t12-,13+,18?/m0/s1. The topological polar surface area (TPSA) is 29.3 Å². The Morgan fingerprint density at radius 2 is 1.62 bits per heavy atom. The molecule has 2 aliphatic rings. The lowest BCUT2D eigenvalue weighted by atomic mass is 9.77. The quantitative estimate of drug-likeness (QED) is 0.823. The predicted octanol–water partition coefficient (Wildman–Crippen LogP) is 4.14. The lowest BCUT2D eigenvalue weighted by molar-refractivity contribution is 0.137. The van der Waals surface area contributed by atoms with Crippen LogP contribution in [0.5, 0.6) is 0 Å². The molecule has 0 bridgehead atoms. The predicted molar refractivity (Wildman–Crippen MR) is 88.2 cm³/mol. The summed E-state index contributed by atoms with van der Waals surface area (Å²) in [7, 11) is 0. The fraction of sp³-hybridized carbons (Fsp3) is 0.444. The molecule has 1 aromatic carbocycles. The SMILES string of the molecule is NC1C[C@@H](N2Cc3cscc3C2)CC[C@@H]1c1cc(F)c(F)cc1F. The zero-order valence-electron chi connectivity index (χ0n) is 13.1. The molecular formula is C18H19F3N2S. The second-order valence-electron chi connectivity index (χ2n) is 6.85. The second kappa shape index (κ2) is 6.17. The molecular weight excluding hydrogens is 333 g/mol. The molecule has 24 heavy (non-hydrogen) atoms. The fourth-order valence-corrected chi connectivity index (χ4v) is 4.95. The molecule has 2 heterocycles. The van der Waals surface area contributed by atoms with E-state index in [4.69, 9.17) is 5.73 Å². The summed E-state index contributed by atoms with van der Waals surface area (Å²) < 4.78 is 40.7. The van der Waals surface area contributed by atoms with Crippen LogP contribution < -0.4 is 5.73 Å². The highest BCUT2D eigenvalue weighted by Gasteiger charge is 2.35. The van der Waals surface area contributed by atoms with E-state index >= 15 is 0 Å². The van der Waals surface area contributed by atoms with E-state index in [0.29, 0.717) is 18.5 Å². The van der Waals surface area contributed by atoms with Crippen LogP contribution in [0.2, 0.25) is 0 Å². The molecule has 0 saturated heterocycles. The summed E-state index contributed by atoms with van der Waals surface area (Å²) >= 11 is 1.73. The van der Waals surface area contributed by atoms with Crippen molar-refractivity contribution in [2.45, 2.75) is 50.4 Å². The summed E-state index contributed by atoms with van der Waals surface area (Å²) in [6.45, 7) is 1.89. The number of fused-ring (bicyclic) bond motifs is 1. The van der Waals surface area contributed by atoms with Crippen molar-refractivity contribution in [3.05, 3.63) is 57.0 Å². The van der Waals surface area contributed by atoms with Crippen molar-refractivity contribution in [1.29, 1.82) is 0 Å². The van der Waals surface area contributed by atoms with Gasteiger partial charge in [-0.05, 0) is 52.8 Å². The number of hydrogen-bond donors (Lipinski definition) is 1. The normalized spacial score (nSPS) is 27.4. The average molecular weight is 352 g/mol. The van der Waals surface area contributed by atoms with E-state index in [-0.39, 0.29) is 17.5 Å². The maximum Gasteiger partial charge on any atom is 0.161 e. The molecule has 0 radical (unpaired) electrons. The van der Waals surface area contributed by atoms with Gasteiger partial charge in [0.25, 0.3) is 0 Å². The first-order chi connectivity index (χ1) is 11.5. The van der Waals surface area contributed by atoms with Gasteiger partial charge in [0.2, 0.25) is 0 Å². The lowest BCUT2D eigenvalue weighted by Gasteiger charge is -2.38. The van der Waals surface area contributed by atoms with Crippen LogP contribution in [0.4, 0.5) is 13.2 Å². The van der Waals surface area contributed by atoms with Crippen molar-refractivity contribution in [1.82, 2.24) is 4.90 Å². The molecule has 1 unspecified atom stereocenters. The van der Waals surface area contributed by atoms with Crippen LogP contribution in [0.1, 0.15) is 41.9 Å². The minimum Gasteiger partial charge on any atom is -0.327 e. The van der Waals surface area contributed by atoms with Crippen molar-refractivity contribution in [3.63, 3.8) is 0 Å². The Bertz CT molecular complexity index is 740. The lowest BCUT2D eigenvalue weighted by Crippen LogP contribution is -2.44. The Hall–Kier alpha value is -1.37. The summed E-state index contributed by atoms with van der Waals surface area (Å²) in [6, 6.07) is 1.72. The zero-order valence-corrected chi connectivity index (χ0v) is 14.0. The summed E-state index contributed by atoms with van der Waals surface area (Å²) in [5.74, 6) is -3.12. The summed E-state index contributed by atoms with van der Waals surface area (Å²) in [6.07, 6.45) is 2.33. The zero-order chi connectivity index (χ0) is 16.8. The number of hydrogen-bond acceptors (Lipinski definition) is 3. The molecule has 1 saturated carbocycles. The first-order valence-electron chi connectivity index (χ1n) is 8.21. The molecule has 2 N–H and O–H groups in total. The van der Waals surface area contributed by atoms with Gasteiger partial charge < -0.3 is 5.73 Å². The van der Waals surface area contributed by atoms with Gasteiger partial charge >= 0.3 is 0 Å². The Balaban J connectivity index is 1.47. The Kier molecular flexibility index (Phi) is 4.14. The molecule has 1 fully saturated rings. The largest absolute Gasteiger partial charge is 0.327 e. The molecule has 6 heteroatoms. The second-order valence-corrected chi connectivity index (χ2v) is 7.60. The Morgan fingerprint density at radius 1 is 0.958 bits per heavy atom. The first kappa shape index (κ1) is 16.1. The summed E-state index contributed by atoms with van der Waals surface area (Å²) in [5, 5.41) is 4.38. The van der Waals surface area contributed by atoms with Gasteiger partial charge in [-0.25, -0.2) is 13.2 Å². The number of thiophene rings is 1. The minimum absolute atomic E-state index is 0.208. The molecule has 1 aromatic heterocycles. The molecule has 4 rings (SSSR count). The van der Waals surface area contributed by atoms with Crippen LogP contribution in [0, 0.1) is 17.5 Å². The number of rotatable bonds is 2. The van der Waals surface area contributed by atoms with Gasteiger partial charge in [0.05, 0.1) is 0 Å². The maximum absolute atomic E-state index is 14.1. The van der Waals surface area contributed by atoms with Crippen molar-refractivity contribution < 1.29 is 13.2 Å². The third-order valence-electron chi connectivity index (χ3n) is 5.41. The van der Waals surface area contributed by atoms with Crippen LogP contribution >= 0.6 is 11.3 Å². The van der Waals surface area contributed by atoms with E-state index in [1.807, 2.05) is 0 Å². The van der Waals surface area contributed by atoms with Gasteiger partial charge in [-0.15, -0.1) is 0 Å². The molecule has 128 valence electrons. The highest BCUT2D eigenvalue weighted by atomic mass is 32.1. The van der Waals surface area contributed by atoms with Crippen LogP contribution in [0.3, 0.4) is 0 Å². The Labute approximate surface area is 143 Å². The van der Waals surface area contributed by atoms with Crippen molar-refractivity contribution >= 4 is 11.3 Å². The van der Waals surface area contributed by atoms with Gasteiger partial charge in [-0.1, -0.05) is 0 Å². The maximum atomic E-state index is 14.1. The van der Waals surface area contributed by atoms with E-state index in [2.05, 4.69) is 15.7 Å². The van der Waals surface area contributed by atoms with E-state index in [1.54, 1.807) is 11.3 Å².